The van der Waals surface area contributed by atoms with Crippen LogP contribution in [-0.2, 0) is 18.5 Å². The molecule has 1 unspecified atom stereocenters. The third kappa shape index (κ3) is 3.01. The van der Waals surface area contributed by atoms with Crippen molar-refractivity contribution in [2.24, 2.45) is 5.73 Å². The molecule has 2 rings (SSSR count). The highest BCUT2D eigenvalue weighted by Gasteiger charge is 2.26. The summed E-state index contributed by atoms with van der Waals surface area (Å²) in [6, 6.07) is 6.55. The third-order valence-electron chi connectivity index (χ3n) is 3.56. The van der Waals surface area contributed by atoms with Crippen LogP contribution < -0.4 is 5.73 Å². The van der Waals surface area contributed by atoms with E-state index in [4.69, 9.17) is 5.73 Å². The van der Waals surface area contributed by atoms with Gasteiger partial charge in [0, 0.05) is 18.3 Å². The van der Waals surface area contributed by atoms with Crippen molar-refractivity contribution in [3.63, 3.8) is 0 Å². The Bertz CT molecular complexity index is 550. The van der Waals surface area contributed by atoms with Gasteiger partial charge in [0.25, 0.3) is 0 Å². The van der Waals surface area contributed by atoms with Crippen LogP contribution in [0.3, 0.4) is 0 Å². The predicted octanol–water partition coefficient (Wildman–Crippen LogP) is 2.85. The fourth-order valence-corrected chi connectivity index (χ4v) is 2.26. The highest BCUT2D eigenvalue weighted by molar-refractivity contribution is 5.27. The second-order valence-electron chi connectivity index (χ2n) is 4.90. The van der Waals surface area contributed by atoms with Gasteiger partial charge in [-0.1, -0.05) is 19.1 Å². The molecular weight excluding hydrogens is 241 g/mol. The summed E-state index contributed by atoms with van der Waals surface area (Å²) in [5.41, 5.74) is 7.83. The lowest BCUT2D eigenvalue weighted by molar-refractivity contribution is 0.422. The summed E-state index contributed by atoms with van der Waals surface area (Å²) in [7, 11) is 0. The highest BCUT2D eigenvalue weighted by Crippen LogP contribution is 2.27. The first-order valence-electron chi connectivity index (χ1n) is 6.63. The molecule has 1 aromatic carbocycles. The van der Waals surface area contributed by atoms with Gasteiger partial charge < -0.3 is 5.73 Å². The van der Waals surface area contributed by atoms with Crippen LogP contribution in [0.1, 0.15) is 31.4 Å². The van der Waals surface area contributed by atoms with E-state index < -0.39 is 5.54 Å². The van der Waals surface area contributed by atoms with Crippen molar-refractivity contribution < 1.29 is 4.39 Å². The standard InChI is InChI=1S/C15H20FN3/c1-3-15(17,13-6-5-7-14(16)8-13)9-12-10-18-19(4-2)11-12/h5-8,10-11H,3-4,9,17H2,1-2H3. The van der Waals surface area contributed by atoms with Crippen molar-refractivity contribution >= 4 is 0 Å². The molecule has 0 amide bonds. The zero-order chi connectivity index (χ0) is 13.9. The second kappa shape index (κ2) is 5.53. The van der Waals surface area contributed by atoms with Gasteiger partial charge >= 0.3 is 0 Å². The molecule has 0 aliphatic carbocycles. The first-order chi connectivity index (χ1) is 9.07. The van der Waals surface area contributed by atoms with Gasteiger partial charge in [-0.15, -0.1) is 0 Å². The summed E-state index contributed by atoms with van der Waals surface area (Å²) in [6.45, 7) is 4.90. The van der Waals surface area contributed by atoms with E-state index in [2.05, 4.69) is 5.10 Å². The van der Waals surface area contributed by atoms with Crippen LogP contribution in [0.15, 0.2) is 36.7 Å². The van der Waals surface area contributed by atoms with Gasteiger partial charge in [-0.2, -0.15) is 5.10 Å². The molecule has 0 saturated heterocycles. The maximum atomic E-state index is 13.4. The van der Waals surface area contributed by atoms with Crippen LogP contribution in [0.4, 0.5) is 4.39 Å². The smallest absolute Gasteiger partial charge is 0.123 e. The molecule has 1 heterocycles. The Labute approximate surface area is 113 Å². The minimum absolute atomic E-state index is 0.245. The van der Waals surface area contributed by atoms with Gasteiger partial charge in [0.05, 0.1) is 6.20 Å². The number of benzene rings is 1. The maximum absolute atomic E-state index is 13.4. The number of hydrogen-bond donors (Lipinski definition) is 1. The zero-order valence-electron chi connectivity index (χ0n) is 11.4. The fourth-order valence-electron chi connectivity index (χ4n) is 2.26. The van der Waals surface area contributed by atoms with E-state index in [1.165, 1.54) is 12.1 Å². The van der Waals surface area contributed by atoms with E-state index in [9.17, 15) is 4.39 Å². The molecule has 1 aromatic heterocycles. The molecule has 2 aromatic rings. The molecule has 19 heavy (non-hydrogen) atoms. The molecule has 3 nitrogen and oxygen atoms in total. The molecule has 4 heteroatoms. The Hall–Kier alpha value is -1.68. The highest BCUT2D eigenvalue weighted by atomic mass is 19.1. The summed E-state index contributed by atoms with van der Waals surface area (Å²) in [5, 5.41) is 4.25. The van der Waals surface area contributed by atoms with Crippen molar-refractivity contribution in [2.75, 3.05) is 0 Å². The Morgan fingerprint density at radius 2 is 2.16 bits per heavy atom. The van der Waals surface area contributed by atoms with Crippen molar-refractivity contribution in [3.8, 4) is 0 Å². The molecule has 102 valence electrons. The lowest BCUT2D eigenvalue weighted by Crippen LogP contribution is -2.38. The van der Waals surface area contributed by atoms with E-state index in [1.54, 1.807) is 6.07 Å². The maximum Gasteiger partial charge on any atom is 0.123 e. The normalized spacial score (nSPS) is 14.3. The summed E-state index contributed by atoms with van der Waals surface area (Å²) in [4.78, 5) is 0. The van der Waals surface area contributed by atoms with E-state index in [0.717, 1.165) is 24.1 Å². The van der Waals surface area contributed by atoms with Crippen LogP contribution >= 0.6 is 0 Å². The molecule has 0 spiro atoms. The third-order valence-corrected chi connectivity index (χ3v) is 3.56. The Balaban J connectivity index is 2.27. The van der Waals surface area contributed by atoms with E-state index in [0.29, 0.717) is 6.42 Å². The Kier molecular flexibility index (Phi) is 4.00. The molecular formula is C15H20FN3. The van der Waals surface area contributed by atoms with Gasteiger partial charge in [-0.05, 0) is 43.0 Å². The predicted molar refractivity (Wildman–Crippen MR) is 74.2 cm³/mol. The van der Waals surface area contributed by atoms with Crippen LogP contribution in [0.5, 0.6) is 0 Å². The summed E-state index contributed by atoms with van der Waals surface area (Å²) in [6.07, 6.45) is 5.23. The average molecular weight is 261 g/mol. The Morgan fingerprint density at radius 1 is 1.37 bits per heavy atom. The summed E-state index contributed by atoms with van der Waals surface area (Å²) >= 11 is 0. The average Bonchev–Trinajstić information content (AvgIpc) is 2.86. The summed E-state index contributed by atoms with van der Waals surface area (Å²) < 4.78 is 15.2. The van der Waals surface area contributed by atoms with Gasteiger partial charge in [0.2, 0.25) is 0 Å². The largest absolute Gasteiger partial charge is 0.321 e. The van der Waals surface area contributed by atoms with Crippen molar-refractivity contribution in [1.29, 1.82) is 0 Å². The van der Waals surface area contributed by atoms with Gasteiger partial charge in [-0.25, -0.2) is 4.39 Å². The lowest BCUT2D eigenvalue weighted by atomic mass is 9.83. The van der Waals surface area contributed by atoms with Crippen LogP contribution in [0.2, 0.25) is 0 Å². The lowest BCUT2D eigenvalue weighted by Gasteiger charge is -2.28. The van der Waals surface area contributed by atoms with Gasteiger partial charge in [0.1, 0.15) is 5.82 Å². The first-order valence-corrected chi connectivity index (χ1v) is 6.63. The van der Waals surface area contributed by atoms with E-state index in [1.807, 2.05) is 37.0 Å². The second-order valence-corrected chi connectivity index (χ2v) is 4.90. The SMILES string of the molecule is CCn1cc(CC(N)(CC)c2cccc(F)c2)cn1. The molecule has 0 bridgehead atoms. The van der Waals surface area contributed by atoms with Gasteiger partial charge in [0.15, 0.2) is 0 Å². The number of hydrogen-bond acceptors (Lipinski definition) is 2. The van der Waals surface area contributed by atoms with Crippen LogP contribution in [0.25, 0.3) is 0 Å². The monoisotopic (exact) mass is 261 g/mol. The number of nitrogens with zero attached hydrogens (tertiary/aromatic N) is 2. The van der Waals surface area contributed by atoms with Crippen molar-refractivity contribution in [1.82, 2.24) is 9.78 Å². The number of nitrogens with two attached hydrogens (primary N) is 1. The number of aromatic nitrogens is 2. The summed E-state index contributed by atoms with van der Waals surface area (Å²) in [5.74, 6) is -0.245. The first kappa shape index (κ1) is 13.7. The molecule has 0 aliphatic heterocycles. The molecule has 1 atom stereocenters. The number of halogens is 1. The topological polar surface area (TPSA) is 43.8 Å². The minimum atomic E-state index is -0.552. The minimum Gasteiger partial charge on any atom is -0.321 e. The van der Waals surface area contributed by atoms with E-state index in [-0.39, 0.29) is 5.82 Å². The molecule has 0 aliphatic rings. The molecule has 0 radical (unpaired) electrons. The van der Waals surface area contributed by atoms with Gasteiger partial charge in [-0.3, -0.25) is 4.68 Å². The number of rotatable bonds is 5. The van der Waals surface area contributed by atoms with E-state index >= 15 is 0 Å². The zero-order valence-corrected chi connectivity index (χ0v) is 11.4. The molecule has 2 N–H and O–H groups in total. The van der Waals surface area contributed by atoms with Crippen molar-refractivity contribution in [2.45, 2.75) is 38.8 Å². The Morgan fingerprint density at radius 3 is 2.74 bits per heavy atom. The quantitative estimate of drug-likeness (QED) is 0.899. The van der Waals surface area contributed by atoms with Crippen LogP contribution in [-0.4, -0.2) is 9.78 Å². The molecule has 0 fully saturated rings. The molecule has 0 saturated carbocycles. The number of aryl methyl sites for hydroxylation is 1. The van der Waals surface area contributed by atoms with Crippen molar-refractivity contribution in [3.05, 3.63) is 53.6 Å². The fraction of sp³-hybridized carbons (Fsp3) is 0.400. The van der Waals surface area contributed by atoms with Crippen LogP contribution in [0, 0.1) is 5.82 Å².